The Bertz CT molecular complexity index is 430. The molecule has 1 heterocycles. The van der Waals surface area contributed by atoms with Crippen molar-refractivity contribution in [2.24, 2.45) is 7.05 Å². The molecule has 92 valence electrons. The van der Waals surface area contributed by atoms with E-state index in [1.165, 1.54) is 12.5 Å². The van der Waals surface area contributed by atoms with Crippen LogP contribution in [0, 0.1) is 0 Å². The number of sulfonamides is 1. The van der Waals surface area contributed by atoms with E-state index in [9.17, 15) is 8.42 Å². The molecule has 0 aliphatic rings. The predicted molar refractivity (Wildman–Crippen MR) is 62.9 cm³/mol. The molecule has 0 fully saturated rings. The maximum Gasteiger partial charge on any atom is 0.259 e. The topological polar surface area (TPSA) is 64.0 Å². The molecule has 0 bridgehead atoms. The second kappa shape index (κ2) is 5.65. The van der Waals surface area contributed by atoms with Crippen LogP contribution in [0.2, 0.25) is 0 Å². The van der Waals surface area contributed by atoms with E-state index >= 15 is 0 Å². The molecule has 1 aromatic heterocycles. The van der Waals surface area contributed by atoms with Gasteiger partial charge in [-0.15, -0.1) is 11.6 Å². The average Bonchev–Trinajstić information content (AvgIpc) is 2.63. The monoisotopic (exact) mass is 265 g/mol. The van der Waals surface area contributed by atoms with Crippen molar-refractivity contribution in [3.63, 3.8) is 0 Å². The SMILES string of the molecule is CCCC(Cl)CNS(=O)(=O)c1cn(C)cn1. The van der Waals surface area contributed by atoms with E-state index < -0.39 is 10.0 Å². The lowest BCUT2D eigenvalue weighted by Gasteiger charge is -2.08. The van der Waals surface area contributed by atoms with Gasteiger partial charge in [-0.1, -0.05) is 13.3 Å². The van der Waals surface area contributed by atoms with Crippen molar-refractivity contribution in [1.82, 2.24) is 14.3 Å². The van der Waals surface area contributed by atoms with Gasteiger partial charge in [0, 0.05) is 25.2 Å². The molecule has 1 unspecified atom stereocenters. The average molecular weight is 266 g/mol. The Balaban J connectivity index is 2.59. The summed E-state index contributed by atoms with van der Waals surface area (Å²) in [6.07, 6.45) is 4.61. The van der Waals surface area contributed by atoms with Gasteiger partial charge in [0.2, 0.25) is 0 Å². The Hall–Kier alpha value is -0.590. The van der Waals surface area contributed by atoms with Gasteiger partial charge < -0.3 is 4.57 Å². The molecule has 0 spiro atoms. The summed E-state index contributed by atoms with van der Waals surface area (Å²) < 4.78 is 27.4. The van der Waals surface area contributed by atoms with Crippen LogP contribution in [0.4, 0.5) is 0 Å². The number of nitrogens with zero attached hydrogens (tertiary/aromatic N) is 2. The van der Waals surface area contributed by atoms with Crippen molar-refractivity contribution >= 4 is 21.6 Å². The van der Waals surface area contributed by atoms with Crippen molar-refractivity contribution in [2.45, 2.75) is 30.2 Å². The zero-order chi connectivity index (χ0) is 12.2. The highest BCUT2D eigenvalue weighted by molar-refractivity contribution is 7.89. The van der Waals surface area contributed by atoms with Crippen LogP contribution in [0.15, 0.2) is 17.6 Å². The molecule has 1 N–H and O–H groups in total. The van der Waals surface area contributed by atoms with Gasteiger partial charge in [0.1, 0.15) is 0 Å². The molecule has 0 saturated carbocycles. The van der Waals surface area contributed by atoms with E-state index in [2.05, 4.69) is 9.71 Å². The minimum atomic E-state index is -3.52. The zero-order valence-corrected chi connectivity index (χ0v) is 10.9. The smallest absolute Gasteiger partial charge is 0.259 e. The van der Waals surface area contributed by atoms with Crippen LogP contribution in [-0.4, -0.2) is 29.9 Å². The number of aryl methyl sites for hydroxylation is 1. The number of alkyl halides is 1. The first-order chi connectivity index (χ1) is 7.45. The maximum atomic E-state index is 11.7. The molecule has 0 radical (unpaired) electrons. The van der Waals surface area contributed by atoms with Crippen LogP contribution in [0.3, 0.4) is 0 Å². The number of hydrogen-bond donors (Lipinski definition) is 1. The molecule has 5 nitrogen and oxygen atoms in total. The quantitative estimate of drug-likeness (QED) is 0.784. The fourth-order valence-corrected chi connectivity index (χ4v) is 2.66. The first-order valence-electron chi connectivity index (χ1n) is 5.07. The number of hydrogen-bond acceptors (Lipinski definition) is 3. The normalized spacial score (nSPS) is 13.9. The minimum absolute atomic E-state index is 0.0235. The first-order valence-corrected chi connectivity index (χ1v) is 6.99. The largest absolute Gasteiger partial charge is 0.339 e. The lowest BCUT2D eigenvalue weighted by molar-refractivity contribution is 0.573. The van der Waals surface area contributed by atoms with Crippen molar-refractivity contribution in [3.8, 4) is 0 Å². The van der Waals surface area contributed by atoms with Crippen LogP contribution in [0.1, 0.15) is 19.8 Å². The Morgan fingerprint density at radius 3 is 2.81 bits per heavy atom. The maximum absolute atomic E-state index is 11.7. The highest BCUT2D eigenvalue weighted by Crippen LogP contribution is 2.07. The Labute approximate surface area is 101 Å². The summed E-state index contributed by atoms with van der Waals surface area (Å²) in [5.74, 6) is 0. The van der Waals surface area contributed by atoms with E-state index in [0.29, 0.717) is 0 Å². The molecule has 0 saturated heterocycles. The van der Waals surface area contributed by atoms with E-state index in [-0.39, 0.29) is 16.9 Å². The number of aromatic nitrogens is 2. The van der Waals surface area contributed by atoms with Gasteiger partial charge >= 0.3 is 0 Å². The molecule has 1 aromatic rings. The van der Waals surface area contributed by atoms with Crippen molar-refractivity contribution in [3.05, 3.63) is 12.5 Å². The summed E-state index contributed by atoms with van der Waals surface area (Å²) in [6, 6.07) is 0. The van der Waals surface area contributed by atoms with Gasteiger partial charge in [-0.05, 0) is 6.42 Å². The summed E-state index contributed by atoms with van der Waals surface area (Å²) in [6.45, 7) is 2.23. The standard InChI is InChI=1S/C9H16ClN3O2S/c1-3-4-8(10)5-12-16(14,15)9-6-13(2)7-11-9/h6-8,12H,3-5H2,1-2H3. The first kappa shape index (κ1) is 13.5. The van der Waals surface area contributed by atoms with E-state index in [4.69, 9.17) is 11.6 Å². The lowest BCUT2D eigenvalue weighted by atomic mass is 10.2. The molecular formula is C9H16ClN3O2S. The van der Waals surface area contributed by atoms with E-state index in [0.717, 1.165) is 12.8 Å². The van der Waals surface area contributed by atoms with E-state index in [1.807, 2.05) is 6.92 Å². The third kappa shape index (κ3) is 3.77. The summed E-state index contributed by atoms with van der Waals surface area (Å²) in [4.78, 5) is 3.78. The van der Waals surface area contributed by atoms with Crippen molar-refractivity contribution < 1.29 is 8.42 Å². The summed E-state index contributed by atoms with van der Waals surface area (Å²) in [5.41, 5.74) is 0. The molecule has 0 aromatic carbocycles. The van der Waals surface area contributed by atoms with Crippen LogP contribution in [0.25, 0.3) is 0 Å². The van der Waals surface area contributed by atoms with Gasteiger partial charge in [0.05, 0.1) is 6.33 Å². The number of imidazole rings is 1. The fourth-order valence-electron chi connectivity index (χ4n) is 1.22. The molecule has 16 heavy (non-hydrogen) atoms. The Morgan fingerprint density at radius 2 is 2.31 bits per heavy atom. The molecular weight excluding hydrogens is 250 g/mol. The molecule has 0 aliphatic heterocycles. The highest BCUT2D eigenvalue weighted by atomic mass is 35.5. The fraction of sp³-hybridized carbons (Fsp3) is 0.667. The van der Waals surface area contributed by atoms with Crippen LogP contribution >= 0.6 is 11.6 Å². The second-order valence-electron chi connectivity index (χ2n) is 3.62. The van der Waals surface area contributed by atoms with Gasteiger partial charge in [-0.2, -0.15) is 0 Å². The summed E-state index contributed by atoms with van der Waals surface area (Å²) in [7, 11) is -1.80. The number of nitrogens with one attached hydrogen (secondary N) is 1. The summed E-state index contributed by atoms with van der Waals surface area (Å²) in [5, 5.41) is -0.154. The Kier molecular flexibility index (Phi) is 4.76. The van der Waals surface area contributed by atoms with Crippen molar-refractivity contribution in [2.75, 3.05) is 6.54 Å². The molecule has 1 atom stereocenters. The zero-order valence-electron chi connectivity index (χ0n) is 9.35. The van der Waals surface area contributed by atoms with Gasteiger partial charge in [-0.3, -0.25) is 0 Å². The van der Waals surface area contributed by atoms with E-state index in [1.54, 1.807) is 11.6 Å². The number of rotatable bonds is 6. The molecule has 7 heteroatoms. The molecule has 1 rings (SSSR count). The number of halogens is 1. The lowest BCUT2D eigenvalue weighted by Crippen LogP contribution is -2.30. The minimum Gasteiger partial charge on any atom is -0.339 e. The van der Waals surface area contributed by atoms with Gasteiger partial charge in [0.15, 0.2) is 5.03 Å². The molecule has 0 aliphatic carbocycles. The third-order valence-electron chi connectivity index (χ3n) is 2.05. The van der Waals surface area contributed by atoms with Gasteiger partial charge in [0.25, 0.3) is 10.0 Å². The van der Waals surface area contributed by atoms with Crippen LogP contribution in [0.5, 0.6) is 0 Å². The van der Waals surface area contributed by atoms with Crippen LogP contribution < -0.4 is 4.72 Å². The second-order valence-corrected chi connectivity index (χ2v) is 5.95. The van der Waals surface area contributed by atoms with Gasteiger partial charge in [-0.25, -0.2) is 18.1 Å². The predicted octanol–water partition coefficient (Wildman–Crippen LogP) is 1.11. The Morgan fingerprint density at radius 1 is 1.62 bits per heavy atom. The highest BCUT2D eigenvalue weighted by Gasteiger charge is 2.17. The van der Waals surface area contributed by atoms with Crippen molar-refractivity contribution in [1.29, 1.82) is 0 Å². The van der Waals surface area contributed by atoms with Crippen LogP contribution in [-0.2, 0) is 17.1 Å². The third-order valence-corrected chi connectivity index (χ3v) is 3.73. The summed E-state index contributed by atoms with van der Waals surface area (Å²) >= 11 is 5.93. The molecule has 0 amide bonds.